The van der Waals surface area contributed by atoms with Gasteiger partial charge in [-0.05, 0) is 30.3 Å². The van der Waals surface area contributed by atoms with Crippen molar-refractivity contribution in [3.05, 3.63) is 92.9 Å². The molecule has 3 aromatic rings. The Morgan fingerprint density at radius 1 is 1.18 bits per heavy atom. The highest BCUT2D eigenvalue weighted by Crippen LogP contribution is 2.48. The molecule has 0 bridgehead atoms. The third kappa shape index (κ3) is 2.71. The van der Waals surface area contributed by atoms with E-state index in [1.54, 1.807) is 24.5 Å². The van der Waals surface area contributed by atoms with Crippen LogP contribution in [0.4, 0.5) is 5.69 Å². The molecule has 140 valence electrons. The molecule has 7 nitrogen and oxygen atoms in total. The molecule has 0 saturated carbocycles. The van der Waals surface area contributed by atoms with Crippen molar-refractivity contribution in [2.45, 2.75) is 18.7 Å². The number of furan rings is 1. The molecule has 0 saturated heterocycles. The molecule has 0 radical (unpaired) electrons. The zero-order valence-corrected chi connectivity index (χ0v) is 15.2. The number of fused-ring (bicyclic) bond motifs is 3. The van der Waals surface area contributed by atoms with Crippen LogP contribution >= 0.6 is 11.6 Å². The predicted octanol–water partition coefficient (Wildman–Crippen LogP) is 5.08. The van der Waals surface area contributed by atoms with Crippen LogP contribution in [0.5, 0.6) is 5.75 Å². The maximum atomic E-state index is 11.2. The Morgan fingerprint density at radius 2 is 2.07 bits per heavy atom. The molecular weight excluding hydrogens is 382 g/mol. The van der Waals surface area contributed by atoms with Crippen LogP contribution in [0.2, 0.25) is 5.02 Å². The molecule has 0 spiro atoms. The van der Waals surface area contributed by atoms with Crippen LogP contribution < -0.4 is 4.74 Å². The summed E-state index contributed by atoms with van der Waals surface area (Å²) in [5.41, 5.74) is 2.39. The number of benzene rings is 2. The largest absolute Gasteiger partial charge is 0.464 e. The maximum Gasteiger partial charge on any atom is 0.269 e. The average Bonchev–Trinajstić information content (AvgIpc) is 3.37. The van der Waals surface area contributed by atoms with Crippen LogP contribution in [0.3, 0.4) is 0 Å². The van der Waals surface area contributed by atoms with Gasteiger partial charge in [-0.2, -0.15) is 5.10 Å². The number of nitrogens with zero attached hydrogens (tertiary/aromatic N) is 3. The fourth-order valence-corrected chi connectivity index (χ4v) is 3.84. The monoisotopic (exact) mass is 395 g/mol. The van der Waals surface area contributed by atoms with E-state index >= 15 is 0 Å². The molecule has 3 heterocycles. The fourth-order valence-electron chi connectivity index (χ4n) is 3.66. The highest BCUT2D eigenvalue weighted by Gasteiger charge is 2.41. The number of hydrogen-bond donors (Lipinski definition) is 0. The lowest BCUT2D eigenvalue weighted by Gasteiger charge is -2.38. The van der Waals surface area contributed by atoms with Crippen molar-refractivity contribution >= 4 is 23.0 Å². The van der Waals surface area contributed by atoms with Gasteiger partial charge in [0.2, 0.25) is 6.23 Å². The van der Waals surface area contributed by atoms with Crippen molar-refractivity contribution in [2.75, 3.05) is 0 Å². The minimum absolute atomic E-state index is 0.00832. The summed E-state index contributed by atoms with van der Waals surface area (Å²) in [6.07, 6.45) is 1.63. The van der Waals surface area contributed by atoms with Gasteiger partial charge in [-0.15, -0.1) is 0 Å². The van der Waals surface area contributed by atoms with Gasteiger partial charge in [0, 0.05) is 34.7 Å². The molecule has 2 aromatic carbocycles. The van der Waals surface area contributed by atoms with Crippen molar-refractivity contribution in [3.63, 3.8) is 0 Å². The number of non-ortho nitro benzene ring substituents is 1. The minimum Gasteiger partial charge on any atom is -0.464 e. The first-order chi connectivity index (χ1) is 13.6. The molecule has 1 aromatic heterocycles. The zero-order chi connectivity index (χ0) is 19.3. The summed E-state index contributed by atoms with van der Waals surface area (Å²) in [7, 11) is 0. The fraction of sp³-hybridized carbons (Fsp3) is 0.150. The van der Waals surface area contributed by atoms with Crippen LogP contribution in [0.1, 0.15) is 35.6 Å². The molecular formula is C20H14ClN3O4. The van der Waals surface area contributed by atoms with Gasteiger partial charge >= 0.3 is 0 Å². The molecule has 0 N–H and O–H groups in total. The van der Waals surface area contributed by atoms with Gasteiger partial charge in [-0.25, -0.2) is 5.01 Å². The third-order valence-electron chi connectivity index (χ3n) is 4.92. The van der Waals surface area contributed by atoms with E-state index in [-0.39, 0.29) is 11.7 Å². The van der Waals surface area contributed by atoms with Gasteiger partial charge in [0.15, 0.2) is 0 Å². The SMILES string of the molecule is O=[N+]([O-])c1cccc(C2Oc3ccc(Cl)cc3C3CC(c4ccco4)=NN32)c1. The van der Waals surface area contributed by atoms with Crippen molar-refractivity contribution in [2.24, 2.45) is 5.10 Å². The molecule has 0 aliphatic carbocycles. The van der Waals surface area contributed by atoms with Gasteiger partial charge in [-0.1, -0.05) is 23.7 Å². The number of nitro groups is 1. The lowest BCUT2D eigenvalue weighted by Crippen LogP contribution is -2.33. The van der Waals surface area contributed by atoms with E-state index in [4.69, 9.17) is 25.9 Å². The van der Waals surface area contributed by atoms with E-state index in [9.17, 15) is 10.1 Å². The van der Waals surface area contributed by atoms with E-state index in [0.29, 0.717) is 28.5 Å². The lowest BCUT2D eigenvalue weighted by molar-refractivity contribution is -0.385. The maximum absolute atomic E-state index is 11.2. The van der Waals surface area contributed by atoms with E-state index in [1.807, 2.05) is 29.3 Å². The second-order valence-electron chi connectivity index (χ2n) is 6.63. The van der Waals surface area contributed by atoms with Crippen molar-refractivity contribution in [3.8, 4) is 5.75 Å². The van der Waals surface area contributed by atoms with Crippen LogP contribution in [0.25, 0.3) is 0 Å². The number of halogens is 1. The standard InChI is InChI=1S/C20H14ClN3O4/c21-13-6-7-18-15(10-13)17-11-16(19-5-2-8-27-19)22-23(17)20(28-18)12-3-1-4-14(9-12)24(25)26/h1-10,17,20H,11H2. The van der Waals surface area contributed by atoms with E-state index in [2.05, 4.69) is 0 Å². The summed E-state index contributed by atoms with van der Waals surface area (Å²) in [5, 5.41) is 18.4. The molecule has 2 aliphatic heterocycles. The highest BCUT2D eigenvalue weighted by molar-refractivity contribution is 6.30. The number of hydrazone groups is 1. The first kappa shape index (κ1) is 16.8. The summed E-state index contributed by atoms with van der Waals surface area (Å²) in [5.74, 6) is 1.38. The Bertz CT molecular complexity index is 1100. The van der Waals surface area contributed by atoms with E-state index in [1.165, 1.54) is 12.1 Å². The molecule has 5 rings (SSSR count). The molecule has 2 unspecified atom stereocenters. The minimum atomic E-state index is -0.592. The van der Waals surface area contributed by atoms with E-state index in [0.717, 1.165) is 11.3 Å². The topological polar surface area (TPSA) is 81.1 Å². The highest BCUT2D eigenvalue weighted by atomic mass is 35.5. The van der Waals surface area contributed by atoms with Gasteiger partial charge < -0.3 is 9.15 Å². The first-order valence-electron chi connectivity index (χ1n) is 8.70. The molecule has 28 heavy (non-hydrogen) atoms. The summed E-state index contributed by atoms with van der Waals surface area (Å²) in [6.45, 7) is 0. The lowest BCUT2D eigenvalue weighted by atomic mass is 9.97. The van der Waals surface area contributed by atoms with Gasteiger partial charge in [0.1, 0.15) is 17.2 Å². The molecule has 2 atom stereocenters. The second-order valence-corrected chi connectivity index (χ2v) is 7.06. The Hall–Kier alpha value is -3.32. The summed E-state index contributed by atoms with van der Waals surface area (Å²) < 4.78 is 11.7. The Kier molecular flexibility index (Phi) is 3.84. The number of ether oxygens (including phenoxy) is 1. The van der Waals surface area contributed by atoms with Crippen LogP contribution in [-0.4, -0.2) is 15.6 Å². The Labute approximate surface area is 164 Å². The first-order valence-corrected chi connectivity index (χ1v) is 9.08. The molecule has 2 aliphatic rings. The van der Waals surface area contributed by atoms with Gasteiger partial charge in [-0.3, -0.25) is 10.1 Å². The van der Waals surface area contributed by atoms with Crippen molar-refractivity contribution in [1.29, 1.82) is 0 Å². The Balaban J connectivity index is 1.62. The quantitative estimate of drug-likeness (QED) is 0.456. The van der Waals surface area contributed by atoms with Crippen LogP contribution in [-0.2, 0) is 0 Å². The third-order valence-corrected chi connectivity index (χ3v) is 5.16. The molecule has 8 heteroatoms. The summed E-state index contributed by atoms with van der Waals surface area (Å²) >= 11 is 6.21. The van der Waals surface area contributed by atoms with Gasteiger partial charge in [0.05, 0.1) is 17.2 Å². The molecule has 0 fully saturated rings. The number of hydrogen-bond acceptors (Lipinski definition) is 6. The zero-order valence-electron chi connectivity index (χ0n) is 14.5. The number of rotatable bonds is 3. The molecule has 0 amide bonds. The predicted molar refractivity (Wildman–Crippen MR) is 102 cm³/mol. The van der Waals surface area contributed by atoms with Crippen LogP contribution in [0.15, 0.2) is 70.4 Å². The average molecular weight is 396 g/mol. The van der Waals surface area contributed by atoms with Crippen LogP contribution in [0, 0.1) is 10.1 Å². The van der Waals surface area contributed by atoms with E-state index < -0.39 is 11.2 Å². The van der Waals surface area contributed by atoms with Gasteiger partial charge in [0.25, 0.3) is 5.69 Å². The summed E-state index contributed by atoms with van der Waals surface area (Å²) in [6, 6.07) is 15.5. The smallest absolute Gasteiger partial charge is 0.269 e. The normalized spacial score (nSPS) is 20.2. The number of nitro benzene ring substituents is 1. The Morgan fingerprint density at radius 3 is 2.86 bits per heavy atom. The van der Waals surface area contributed by atoms with Crippen molar-refractivity contribution < 1.29 is 14.1 Å². The second kappa shape index (κ2) is 6.38. The van der Waals surface area contributed by atoms with Crippen molar-refractivity contribution in [1.82, 2.24) is 5.01 Å². The summed E-state index contributed by atoms with van der Waals surface area (Å²) in [4.78, 5) is 10.8.